The second kappa shape index (κ2) is 6.45. The zero-order valence-electron chi connectivity index (χ0n) is 8.80. The molecule has 0 radical (unpaired) electrons. The molecule has 1 aromatic rings. The third kappa shape index (κ3) is 3.79. The van der Waals surface area contributed by atoms with Crippen LogP contribution in [0.15, 0.2) is 18.2 Å². The van der Waals surface area contributed by atoms with Crippen LogP contribution in [0.3, 0.4) is 0 Å². The lowest BCUT2D eigenvalue weighted by atomic mass is 10.2. The minimum Gasteiger partial charge on any atom is -0.352 e. The van der Waals surface area contributed by atoms with Crippen LogP contribution >= 0.6 is 11.6 Å². The van der Waals surface area contributed by atoms with Gasteiger partial charge in [0, 0.05) is 6.54 Å². The summed E-state index contributed by atoms with van der Waals surface area (Å²) in [4.78, 5) is 11.6. The normalized spacial score (nSPS) is 10.2. The molecule has 3 N–H and O–H groups in total. The number of amides is 1. The van der Waals surface area contributed by atoms with E-state index in [0.717, 1.165) is 18.9 Å². The largest absolute Gasteiger partial charge is 0.352 e. The maximum Gasteiger partial charge on any atom is 0.252 e. The monoisotopic (exact) mass is 244 g/mol. The van der Waals surface area contributed by atoms with Gasteiger partial charge in [0.05, 0.1) is 10.6 Å². The van der Waals surface area contributed by atoms with Crippen molar-refractivity contribution < 1.29 is 9.18 Å². The van der Waals surface area contributed by atoms with Crippen LogP contribution in [0.1, 0.15) is 23.2 Å². The van der Waals surface area contributed by atoms with Crippen molar-refractivity contribution in [1.29, 1.82) is 0 Å². The predicted molar refractivity (Wildman–Crippen MR) is 62.0 cm³/mol. The number of carbonyl (C=O) groups excluding carboxylic acids is 1. The summed E-state index contributed by atoms with van der Waals surface area (Å²) in [5.41, 5.74) is 5.61. The number of carbonyl (C=O) groups is 1. The average Bonchev–Trinajstić information content (AvgIpc) is 2.24. The molecule has 0 aromatic heterocycles. The van der Waals surface area contributed by atoms with Crippen LogP contribution in [0, 0.1) is 5.82 Å². The van der Waals surface area contributed by atoms with E-state index in [1.165, 1.54) is 12.1 Å². The van der Waals surface area contributed by atoms with Crippen LogP contribution in [0.4, 0.5) is 4.39 Å². The topological polar surface area (TPSA) is 55.1 Å². The smallest absolute Gasteiger partial charge is 0.252 e. The molecule has 0 saturated carbocycles. The van der Waals surface area contributed by atoms with Gasteiger partial charge >= 0.3 is 0 Å². The highest BCUT2D eigenvalue weighted by Crippen LogP contribution is 2.16. The highest BCUT2D eigenvalue weighted by atomic mass is 35.5. The van der Waals surface area contributed by atoms with Gasteiger partial charge in [-0.15, -0.1) is 0 Å². The summed E-state index contributed by atoms with van der Waals surface area (Å²) in [7, 11) is 0. The minimum atomic E-state index is -0.454. The first-order chi connectivity index (χ1) is 7.65. The molecular formula is C11H14ClFN2O. The summed E-state index contributed by atoms with van der Waals surface area (Å²) in [5.74, 6) is -0.744. The highest BCUT2D eigenvalue weighted by Gasteiger charge is 2.09. The number of rotatable bonds is 5. The van der Waals surface area contributed by atoms with Gasteiger partial charge in [0.2, 0.25) is 0 Å². The Morgan fingerprint density at radius 1 is 1.44 bits per heavy atom. The third-order valence-electron chi connectivity index (χ3n) is 2.09. The van der Waals surface area contributed by atoms with Crippen molar-refractivity contribution in [2.45, 2.75) is 12.8 Å². The van der Waals surface area contributed by atoms with E-state index in [1.54, 1.807) is 0 Å². The van der Waals surface area contributed by atoms with Gasteiger partial charge in [-0.05, 0) is 37.6 Å². The van der Waals surface area contributed by atoms with Crippen molar-refractivity contribution >= 4 is 17.5 Å². The molecule has 1 aromatic carbocycles. The Bertz CT molecular complexity index is 371. The maximum absolute atomic E-state index is 12.7. The summed E-state index contributed by atoms with van der Waals surface area (Å²) in [5, 5.41) is 2.81. The van der Waals surface area contributed by atoms with Gasteiger partial charge in [-0.1, -0.05) is 11.6 Å². The Hall–Kier alpha value is -1.13. The second-order valence-corrected chi connectivity index (χ2v) is 3.78. The number of nitrogens with one attached hydrogen (secondary N) is 1. The molecule has 5 heteroatoms. The van der Waals surface area contributed by atoms with E-state index in [4.69, 9.17) is 17.3 Å². The van der Waals surface area contributed by atoms with E-state index in [-0.39, 0.29) is 16.5 Å². The Morgan fingerprint density at radius 3 is 2.81 bits per heavy atom. The van der Waals surface area contributed by atoms with Crippen LogP contribution in [0.25, 0.3) is 0 Å². The number of nitrogens with two attached hydrogens (primary N) is 1. The molecule has 0 unspecified atom stereocenters. The maximum atomic E-state index is 12.7. The van der Waals surface area contributed by atoms with E-state index in [0.29, 0.717) is 13.1 Å². The molecule has 0 bridgehead atoms. The highest BCUT2D eigenvalue weighted by molar-refractivity contribution is 6.33. The van der Waals surface area contributed by atoms with E-state index >= 15 is 0 Å². The Labute approximate surface area is 98.8 Å². The Balaban J connectivity index is 2.53. The number of hydrogen-bond donors (Lipinski definition) is 2. The first-order valence-corrected chi connectivity index (χ1v) is 5.46. The zero-order valence-corrected chi connectivity index (χ0v) is 9.56. The molecule has 16 heavy (non-hydrogen) atoms. The first kappa shape index (κ1) is 12.9. The van der Waals surface area contributed by atoms with Gasteiger partial charge in [0.25, 0.3) is 5.91 Å². The minimum absolute atomic E-state index is 0.122. The van der Waals surface area contributed by atoms with E-state index in [1.807, 2.05) is 0 Å². The second-order valence-electron chi connectivity index (χ2n) is 3.38. The fourth-order valence-corrected chi connectivity index (χ4v) is 1.49. The molecule has 0 saturated heterocycles. The molecule has 88 valence electrons. The van der Waals surface area contributed by atoms with Gasteiger partial charge in [-0.2, -0.15) is 0 Å². The van der Waals surface area contributed by atoms with Crippen molar-refractivity contribution in [2.24, 2.45) is 5.73 Å². The van der Waals surface area contributed by atoms with Gasteiger partial charge < -0.3 is 11.1 Å². The summed E-state index contributed by atoms with van der Waals surface area (Å²) < 4.78 is 12.7. The lowest BCUT2D eigenvalue weighted by Gasteiger charge is -2.06. The molecule has 0 atom stereocenters. The SMILES string of the molecule is NCCCCNC(=O)c1ccc(F)cc1Cl. The molecule has 0 aliphatic heterocycles. The molecule has 1 amide bonds. The standard InChI is InChI=1S/C11H14ClFN2O/c12-10-7-8(13)3-4-9(10)11(16)15-6-2-1-5-14/h3-4,7H,1-2,5-6,14H2,(H,15,16). The molecule has 1 rings (SSSR count). The third-order valence-corrected chi connectivity index (χ3v) is 2.40. The summed E-state index contributed by atoms with van der Waals surface area (Å²) in [6.07, 6.45) is 1.68. The van der Waals surface area contributed by atoms with Crippen LogP contribution < -0.4 is 11.1 Å². The fraction of sp³-hybridized carbons (Fsp3) is 0.364. The van der Waals surface area contributed by atoms with Crippen LogP contribution in [0.5, 0.6) is 0 Å². The molecule has 3 nitrogen and oxygen atoms in total. The average molecular weight is 245 g/mol. The van der Waals surface area contributed by atoms with Crippen LogP contribution in [-0.2, 0) is 0 Å². The first-order valence-electron chi connectivity index (χ1n) is 5.08. The van der Waals surface area contributed by atoms with Gasteiger partial charge in [-0.3, -0.25) is 4.79 Å². The predicted octanol–water partition coefficient (Wildman–Crippen LogP) is 1.95. The molecular weight excluding hydrogens is 231 g/mol. The lowest BCUT2D eigenvalue weighted by molar-refractivity contribution is 0.0953. The fourth-order valence-electron chi connectivity index (χ4n) is 1.24. The summed E-state index contributed by atoms with van der Waals surface area (Å²) in [6, 6.07) is 3.70. The van der Waals surface area contributed by atoms with Crippen molar-refractivity contribution in [3.05, 3.63) is 34.6 Å². The molecule has 0 aliphatic carbocycles. The molecule has 0 spiro atoms. The van der Waals surface area contributed by atoms with Crippen LogP contribution in [-0.4, -0.2) is 19.0 Å². The van der Waals surface area contributed by atoms with E-state index in [9.17, 15) is 9.18 Å². The van der Waals surface area contributed by atoms with E-state index < -0.39 is 5.82 Å². The zero-order chi connectivity index (χ0) is 12.0. The van der Waals surface area contributed by atoms with Crippen molar-refractivity contribution in [3.63, 3.8) is 0 Å². The molecule has 0 heterocycles. The quantitative estimate of drug-likeness (QED) is 0.778. The Morgan fingerprint density at radius 2 is 2.19 bits per heavy atom. The van der Waals surface area contributed by atoms with Crippen molar-refractivity contribution in [3.8, 4) is 0 Å². The number of benzene rings is 1. The van der Waals surface area contributed by atoms with Crippen LogP contribution in [0.2, 0.25) is 5.02 Å². The van der Waals surface area contributed by atoms with E-state index in [2.05, 4.69) is 5.32 Å². The number of unbranched alkanes of at least 4 members (excludes halogenated alkanes) is 1. The summed E-state index contributed by atoms with van der Waals surface area (Å²) in [6.45, 7) is 1.15. The summed E-state index contributed by atoms with van der Waals surface area (Å²) >= 11 is 5.74. The van der Waals surface area contributed by atoms with Crippen molar-refractivity contribution in [1.82, 2.24) is 5.32 Å². The Kier molecular flexibility index (Phi) is 5.22. The van der Waals surface area contributed by atoms with Gasteiger partial charge in [-0.25, -0.2) is 4.39 Å². The number of hydrogen-bond acceptors (Lipinski definition) is 2. The van der Waals surface area contributed by atoms with Gasteiger partial charge in [0.15, 0.2) is 0 Å². The lowest BCUT2D eigenvalue weighted by Crippen LogP contribution is -2.25. The molecule has 0 fully saturated rings. The van der Waals surface area contributed by atoms with Crippen molar-refractivity contribution in [2.75, 3.05) is 13.1 Å². The van der Waals surface area contributed by atoms with Gasteiger partial charge in [0.1, 0.15) is 5.82 Å². The number of halogens is 2. The molecule has 0 aliphatic rings.